The van der Waals surface area contributed by atoms with E-state index in [0.717, 1.165) is 25.7 Å². The van der Waals surface area contributed by atoms with Gasteiger partial charge < -0.3 is 14.2 Å². The summed E-state index contributed by atoms with van der Waals surface area (Å²) in [5, 5.41) is 0. The molecule has 0 saturated heterocycles. The van der Waals surface area contributed by atoms with E-state index in [1.807, 2.05) is 0 Å². The Labute approximate surface area is 134 Å². The van der Waals surface area contributed by atoms with Crippen LogP contribution >= 0.6 is 0 Å². The quantitative estimate of drug-likeness (QED) is 0.175. The molecule has 20 heavy (non-hydrogen) atoms. The van der Waals surface area contributed by atoms with Crippen LogP contribution in [0.4, 0.5) is 0 Å². The first-order chi connectivity index (χ1) is 9.10. The van der Waals surface area contributed by atoms with Crippen LogP contribution in [0.3, 0.4) is 0 Å². The minimum atomic E-state index is -0.533. The Kier molecular flexibility index (Phi) is 16.6. The Hall–Kier alpha value is -0.304. The van der Waals surface area contributed by atoms with E-state index < -0.39 is 12.3 Å². The Balaban J connectivity index is 0. The summed E-state index contributed by atoms with van der Waals surface area (Å²) in [5.74, 6) is -0.740. The van der Waals surface area contributed by atoms with Crippen molar-refractivity contribution in [2.75, 3.05) is 19.8 Å². The van der Waals surface area contributed by atoms with Crippen LogP contribution in [0.1, 0.15) is 52.9 Å². The molecule has 0 aromatic carbocycles. The molecule has 5 nitrogen and oxygen atoms in total. The fraction of sp³-hybridized carbons (Fsp3) is 0.857. The van der Waals surface area contributed by atoms with Crippen LogP contribution in [0, 0.1) is 0 Å². The van der Waals surface area contributed by atoms with Crippen LogP contribution in [0.25, 0.3) is 0 Å². The van der Waals surface area contributed by atoms with E-state index in [9.17, 15) is 9.59 Å². The normalized spacial score (nSPS) is 10.2. The van der Waals surface area contributed by atoms with Gasteiger partial charge >= 0.3 is 25.8 Å². The van der Waals surface area contributed by atoms with Gasteiger partial charge in [-0.15, -0.1) is 0 Å². The molecule has 0 unspecified atom stereocenters. The average Bonchev–Trinajstić information content (AvgIpc) is 2.35. The van der Waals surface area contributed by atoms with Crippen molar-refractivity contribution in [3.8, 4) is 0 Å². The predicted octanol–water partition coefficient (Wildman–Crippen LogP) is 1.28. The zero-order valence-corrected chi connectivity index (χ0v) is 12.3. The summed E-state index contributed by atoms with van der Waals surface area (Å²) in [4.78, 5) is 22.0. The van der Waals surface area contributed by atoms with Gasteiger partial charge in [-0.25, -0.2) is 0 Å². The molecule has 0 aromatic rings. The van der Waals surface area contributed by atoms with Gasteiger partial charge in [0.05, 0.1) is 0 Å². The van der Waals surface area contributed by atoms with Crippen molar-refractivity contribution in [2.45, 2.75) is 59.2 Å². The third-order valence-electron chi connectivity index (χ3n) is 2.38. The zero-order valence-electron chi connectivity index (χ0n) is 12.3. The second-order valence-corrected chi connectivity index (χ2v) is 4.44. The molecule has 0 aliphatic carbocycles. The Bertz CT molecular complexity index is 248. The van der Waals surface area contributed by atoms with Gasteiger partial charge in [0.15, 0.2) is 6.29 Å². The number of carbonyl (C=O) groups is 2. The summed E-state index contributed by atoms with van der Waals surface area (Å²) in [6.07, 6.45) is 3.21. The van der Waals surface area contributed by atoms with E-state index in [0.29, 0.717) is 13.2 Å². The predicted molar refractivity (Wildman–Crippen MR) is 81.7 cm³/mol. The van der Waals surface area contributed by atoms with Crippen molar-refractivity contribution in [3.05, 3.63) is 0 Å². The molecule has 0 aliphatic rings. The maximum atomic E-state index is 11.3. The molecule has 0 bridgehead atoms. The molecule has 0 aliphatic heterocycles. The average molecular weight is 347 g/mol. The van der Waals surface area contributed by atoms with E-state index in [-0.39, 0.29) is 38.6 Å². The van der Waals surface area contributed by atoms with Crippen LogP contribution in [0.15, 0.2) is 0 Å². The monoisotopic (exact) mass is 346 g/mol. The van der Waals surface area contributed by atoms with Crippen molar-refractivity contribution >= 4 is 31.5 Å². The van der Waals surface area contributed by atoms with Gasteiger partial charge in [-0.1, -0.05) is 26.7 Å². The Morgan fingerprint density at radius 1 is 1.00 bits per heavy atom. The standard InChI is InChI=1S/C14H26O5.Ga.3H/c1-4-6-8-17-14(18-9-7-5-2)11-19-13(16)10-12(3)15;;;;/h14H,4-11H2,1-3H3;;;;. The third-order valence-corrected chi connectivity index (χ3v) is 2.38. The van der Waals surface area contributed by atoms with Crippen molar-refractivity contribution in [1.29, 1.82) is 0 Å². The van der Waals surface area contributed by atoms with Gasteiger partial charge in [-0.2, -0.15) is 0 Å². The van der Waals surface area contributed by atoms with Gasteiger partial charge in [0.25, 0.3) is 0 Å². The maximum absolute atomic E-state index is 11.3. The molecule has 0 amide bonds. The molecule has 0 rings (SSSR count). The number of hydrogen-bond acceptors (Lipinski definition) is 5. The van der Waals surface area contributed by atoms with Crippen LogP contribution in [-0.4, -0.2) is 57.7 Å². The summed E-state index contributed by atoms with van der Waals surface area (Å²) in [6.45, 7) is 6.70. The Morgan fingerprint density at radius 3 is 1.90 bits per heavy atom. The van der Waals surface area contributed by atoms with Crippen LogP contribution in [0.5, 0.6) is 0 Å². The molecule has 0 N–H and O–H groups in total. The van der Waals surface area contributed by atoms with Crippen LogP contribution < -0.4 is 0 Å². The number of esters is 1. The molecule has 0 aromatic heterocycles. The van der Waals surface area contributed by atoms with E-state index in [4.69, 9.17) is 14.2 Å². The number of carbonyl (C=O) groups excluding carboxylic acids is 2. The van der Waals surface area contributed by atoms with Crippen molar-refractivity contribution in [3.63, 3.8) is 0 Å². The summed E-state index contributed by atoms with van der Waals surface area (Å²) in [5.41, 5.74) is 0. The third kappa shape index (κ3) is 14.1. The molecule has 118 valence electrons. The summed E-state index contributed by atoms with van der Waals surface area (Å²) in [7, 11) is 0. The SMILES string of the molecule is CCCCOC(COC(=O)CC(C)=O)OCCCC.[GaH3]. The number of rotatable bonds is 12. The molecular formula is C14H29GaO5. The molecule has 6 heteroatoms. The van der Waals surface area contributed by atoms with Gasteiger partial charge in [0.2, 0.25) is 0 Å². The first-order valence-corrected chi connectivity index (χ1v) is 6.98. The summed E-state index contributed by atoms with van der Waals surface area (Å²) >= 11 is 0. The van der Waals surface area contributed by atoms with Crippen molar-refractivity contribution < 1.29 is 23.8 Å². The number of ketones is 1. The van der Waals surface area contributed by atoms with Crippen LogP contribution in [0.2, 0.25) is 0 Å². The number of Topliss-reactive ketones (excluding diaryl/α,β-unsaturated/α-hetero) is 1. The van der Waals surface area contributed by atoms with Gasteiger partial charge in [0.1, 0.15) is 18.8 Å². The number of unbranched alkanes of at least 4 members (excludes halogenated alkanes) is 2. The zero-order chi connectivity index (χ0) is 14.5. The van der Waals surface area contributed by atoms with E-state index in [1.54, 1.807) is 0 Å². The molecule has 0 saturated carbocycles. The van der Waals surface area contributed by atoms with Gasteiger partial charge in [-0.05, 0) is 19.8 Å². The fourth-order valence-corrected chi connectivity index (χ4v) is 1.28. The molecule has 0 heterocycles. The summed E-state index contributed by atoms with van der Waals surface area (Å²) < 4.78 is 16.0. The molecular weight excluding hydrogens is 318 g/mol. The molecule has 0 atom stereocenters. The first kappa shape index (κ1) is 22.0. The fourth-order valence-electron chi connectivity index (χ4n) is 1.28. The number of hydrogen-bond donors (Lipinski definition) is 0. The first-order valence-electron chi connectivity index (χ1n) is 6.98. The van der Waals surface area contributed by atoms with E-state index in [1.165, 1.54) is 6.92 Å². The molecule has 0 spiro atoms. The van der Waals surface area contributed by atoms with E-state index in [2.05, 4.69) is 13.8 Å². The van der Waals surface area contributed by atoms with Crippen LogP contribution in [-0.2, 0) is 23.8 Å². The molecule has 0 radical (unpaired) electrons. The van der Waals surface area contributed by atoms with Gasteiger partial charge in [-0.3, -0.25) is 9.59 Å². The van der Waals surface area contributed by atoms with Crippen molar-refractivity contribution in [1.82, 2.24) is 0 Å². The topological polar surface area (TPSA) is 61.8 Å². The van der Waals surface area contributed by atoms with Crippen molar-refractivity contribution in [2.24, 2.45) is 0 Å². The minimum absolute atomic E-state index is 0. The second kappa shape index (κ2) is 15.1. The van der Waals surface area contributed by atoms with Gasteiger partial charge in [0, 0.05) is 13.2 Å². The summed E-state index contributed by atoms with van der Waals surface area (Å²) in [6, 6.07) is 0. The number of ether oxygens (including phenoxy) is 3. The van der Waals surface area contributed by atoms with E-state index >= 15 is 0 Å². The molecule has 0 fully saturated rings. The second-order valence-electron chi connectivity index (χ2n) is 4.44. The Morgan fingerprint density at radius 2 is 1.50 bits per heavy atom.